The molecule has 0 bridgehead atoms. The van der Waals surface area contributed by atoms with Gasteiger partial charge in [0.2, 0.25) is 0 Å². The quantitative estimate of drug-likeness (QED) is 0.292. The monoisotopic (exact) mass is 518 g/mol. The van der Waals surface area contributed by atoms with E-state index in [-0.39, 0.29) is 29.7 Å². The van der Waals surface area contributed by atoms with Crippen molar-refractivity contribution in [2.24, 2.45) is 10.9 Å². The van der Waals surface area contributed by atoms with Gasteiger partial charge in [0.1, 0.15) is 11.5 Å². The lowest BCUT2D eigenvalue weighted by Crippen LogP contribution is -2.49. The van der Waals surface area contributed by atoms with E-state index in [4.69, 9.17) is 9.47 Å². The lowest BCUT2D eigenvalue weighted by molar-refractivity contribution is 0.150. The van der Waals surface area contributed by atoms with Crippen molar-refractivity contribution in [1.29, 1.82) is 0 Å². The van der Waals surface area contributed by atoms with Gasteiger partial charge in [0.25, 0.3) is 0 Å². The highest BCUT2D eigenvalue weighted by molar-refractivity contribution is 14.0. The molecule has 29 heavy (non-hydrogen) atoms. The van der Waals surface area contributed by atoms with Crippen molar-refractivity contribution < 1.29 is 14.6 Å². The number of rotatable bonds is 7. The first-order chi connectivity index (χ1) is 13.7. The number of likely N-dealkylation sites (tertiary alicyclic amines) is 1. The van der Waals surface area contributed by atoms with Gasteiger partial charge in [-0.25, -0.2) is 0 Å². The molecule has 3 rings (SSSR count). The van der Waals surface area contributed by atoms with Crippen molar-refractivity contribution in [3.05, 3.63) is 23.8 Å². The minimum absolute atomic E-state index is 0. The molecule has 1 unspecified atom stereocenters. The maximum absolute atomic E-state index is 10.1. The van der Waals surface area contributed by atoms with Crippen LogP contribution in [0.3, 0.4) is 0 Å². The molecular weight excluding hydrogens is 483 g/mol. The van der Waals surface area contributed by atoms with Crippen LogP contribution in [0.5, 0.6) is 11.5 Å². The van der Waals surface area contributed by atoms with Gasteiger partial charge in [-0.15, -0.1) is 24.0 Å². The molecule has 2 saturated heterocycles. The summed E-state index contributed by atoms with van der Waals surface area (Å²) in [4.78, 5) is 6.92. The number of piperidine rings is 1. The van der Waals surface area contributed by atoms with Crippen LogP contribution in [0, 0.1) is 5.92 Å². The van der Waals surface area contributed by atoms with Crippen molar-refractivity contribution in [3.63, 3.8) is 0 Å². The number of guanidine groups is 1. The number of aliphatic imine (C=N–C) groups is 1. The number of halogens is 1. The SMILES string of the molecule is CN=C(NCCc1ccc(OC)cc1O)NC1CCN(CC2CCOC2)CC1.I. The average Bonchev–Trinajstić information content (AvgIpc) is 3.22. The number of hydrogen-bond acceptors (Lipinski definition) is 5. The molecule has 8 heteroatoms. The molecule has 0 saturated carbocycles. The normalized spacial score (nSPS) is 20.9. The summed E-state index contributed by atoms with van der Waals surface area (Å²) >= 11 is 0. The molecule has 0 spiro atoms. The van der Waals surface area contributed by atoms with Crippen LogP contribution < -0.4 is 15.4 Å². The number of nitrogens with zero attached hydrogens (tertiary/aromatic N) is 2. The predicted octanol–water partition coefficient (Wildman–Crippen LogP) is 2.23. The number of benzene rings is 1. The van der Waals surface area contributed by atoms with Crippen molar-refractivity contribution in [2.45, 2.75) is 31.7 Å². The third-order valence-corrected chi connectivity index (χ3v) is 5.67. The zero-order chi connectivity index (χ0) is 19.8. The van der Waals surface area contributed by atoms with Crippen LogP contribution in [0.1, 0.15) is 24.8 Å². The largest absolute Gasteiger partial charge is 0.508 e. The number of aromatic hydroxyl groups is 1. The summed E-state index contributed by atoms with van der Waals surface area (Å²) < 4.78 is 10.6. The summed E-state index contributed by atoms with van der Waals surface area (Å²) in [6.45, 7) is 6.00. The molecule has 0 aromatic heterocycles. The Morgan fingerprint density at radius 3 is 2.72 bits per heavy atom. The molecule has 164 valence electrons. The Morgan fingerprint density at radius 1 is 1.31 bits per heavy atom. The standard InChI is InChI=1S/C21H34N4O3.HI/c1-22-21(23-9-5-17-3-4-19(27-2)13-20(17)26)24-18-6-10-25(11-7-18)14-16-8-12-28-15-16;/h3-4,13,16,18,26H,5-12,14-15H2,1-2H3,(H2,22,23,24);1H. The third-order valence-electron chi connectivity index (χ3n) is 5.67. The Hall–Kier alpha value is -1.26. The maximum atomic E-state index is 10.1. The molecule has 0 aliphatic carbocycles. The van der Waals surface area contributed by atoms with Crippen LogP contribution in [0.2, 0.25) is 0 Å². The van der Waals surface area contributed by atoms with E-state index in [1.54, 1.807) is 20.2 Å². The fraction of sp³-hybridized carbons (Fsp3) is 0.667. The Labute approximate surface area is 191 Å². The van der Waals surface area contributed by atoms with Crippen LogP contribution in [0.25, 0.3) is 0 Å². The smallest absolute Gasteiger partial charge is 0.191 e. The second-order valence-corrected chi connectivity index (χ2v) is 7.69. The molecule has 2 aliphatic rings. The van der Waals surface area contributed by atoms with E-state index in [0.717, 1.165) is 57.1 Å². The van der Waals surface area contributed by atoms with Crippen LogP contribution in [0.4, 0.5) is 0 Å². The molecule has 2 heterocycles. The summed E-state index contributed by atoms with van der Waals surface area (Å²) in [5.41, 5.74) is 0.896. The summed E-state index contributed by atoms with van der Waals surface area (Å²) in [7, 11) is 3.40. The van der Waals surface area contributed by atoms with Gasteiger partial charge >= 0.3 is 0 Å². The molecule has 1 atom stereocenters. The highest BCUT2D eigenvalue weighted by Gasteiger charge is 2.24. The molecule has 0 amide bonds. The summed E-state index contributed by atoms with van der Waals surface area (Å²) in [6.07, 6.45) is 4.19. The fourth-order valence-electron chi connectivity index (χ4n) is 3.94. The third kappa shape index (κ3) is 7.49. The Kier molecular flexibility index (Phi) is 10.3. The van der Waals surface area contributed by atoms with Crippen LogP contribution in [-0.2, 0) is 11.2 Å². The first-order valence-corrected chi connectivity index (χ1v) is 10.3. The van der Waals surface area contributed by atoms with Crippen molar-refractivity contribution in [1.82, 2.24) is 15.5 Å². The molecular formula is C21H35IN4O3. The minimum atomic E-state index is 0. The number of phenols is 1. The number of nitrogens with one attached hydrogen (secondary N) is 2. The topological polar surface area (TPSA) is 78.4 Å². The van der Waals surface area contributed by atoms with Gasteiger partial charge in [-0.05, 0) is 43.2 Å². The van der Waals surface area contributed by atoms with Gasteiger partial charge in [-0.3, -0.25) is 4.99 Å². The first kappa shape index (κ1) is 24.0. The number of hydrogen-bond donors (Lipinski definition) is 3. The predicted molar refractivity (Wildman–Crippen MR) is 127 cm³/mol. The number of methoxy groups -OCH3 is 1. The van der Waals surface area contributed by atoms with Gasteiger partial charge in [0, 0.05) is 51.9 Å². The van der Waals surface area contributed by atoms with E-state index in [0.29, 0.717) is 24.3 Å². The molecule has 1 aromatic carbocycles. The zero-order valence-electron chi connectivity index (χ0n) is 17.5. The van der Waals surface area contributed by atoms with Crippen molar-refractivity contribution >= 4 is 29.9 Å². The second kappa shape index (κ2) is 12.4. The molecule has 0 radical (unpaired) electrons. The molecule has 3 N–H and O–H groups in total. The van der Waals surface area contributed by atoms with Gasteiger partial charge in [-0.2, -0.15) is 0 Å². The summed E-state index contributed by atoms with van der Waals surface area (Å²) in [5.74, 6) is 2.48. The van der Waals surface area contributed by atoms with Crippen molar-refractivity contribution in [3.8, 4) is 11.5 Å². The van der Waals surface area contributed by atoms with Crippen molar-refractivity contribution in [2.75, 3.05) is 53.6 Å². The van der Waals surface area contributed by atoms with Crippen LogP contribution >= 0.6 is 24.0 Å². The highest BCUT2D eigenvalue weighted by atomic mass is 127. The minimum Gasteiger partial charge on any atom is -0.508 e. The lowest BCUT2D eigenvalue weighted by atomic mass is 10.0. The Morgan fingerprint density at radius 2 is 2.10 bits per heavy atom. The van der Waals surface area contributed by atoms with E-state index in [1.807, 2.05) is 12.1 Å². The Balaban J connectivity index is 0.00000300. The van der Waals surface area contributed by atoms with Gasteiger partial charge < -0.3 is 30.1 Å². The van der Waals surface area contributed by atoms with E-state index in [2.05, 4.69) is 20.5 Å². The maximum Gasteiger partial charge on any atom is 0.191 e. The van der Waals surface area contributed by atoms with Gasteiger partial charge in [0.05, 0.1) is 13.7 Å². The number of ether oxygens (including phenoxy) is 2. The van der Waals surface area contributed by atoms with E-state index in [1.165, 1.54) is 13.0 Å². The van der Waals surface area contributed by atoms with Crippen LogP contribution in [0.15, 0.2) is 23.2 Å². The molecule has 7 nitrogen and oxygen atoms in total. The number of phenolic OH excluding ortho intramolecular Hbond substituents is 1. The van der Waals surface area contributed by atoms with E-state index >= 15 is 0 Å². The molecule has 1 aromatic rings. The summed E-state index contributed by atoms with van der Waals surface area (Å²) in [5, 5.41) is 17.0. The highest BCUT2D eigenvalue weighted by Crippen LogP contribution is 2.23. The lowest BCUT2D eigenvalue weighted by Gasteiger charge is -2.34. The van der Waals surface area contributed by atoms with Crippen LogP contribution in [-0.4, -0.2) is 75.6 Å². The summed E-state index contributed by atoms with van der Waals surface area (Å²) in [6, 6.07) is 5.87. The fourth-order valence-corrected chi connectivity index (χ4v) is 3.94. The molecule has 2 fully saturated rings. The second-order valence-electron chi connectivity index (χ2n) is 7.69. The van der Waals surface area contributed by atoms with Gasteiger partial charge in [0.15, 0.2) is 5.96 Å². The van der Waals surface area contributed by atoms with E-state index in [9.17, 15) is 5.11 Å². The first-order valence-electron chi connectivity index (χ1n) is 10.3. The zero-order valence-corrected chi connectivity index (χ0v) is 19.9. The molecule has 2 aliphatic heterocycles. The van der Waals surface area contributed by atoms with E-state index < -0.39 is 0 Å². The van der Waals surface area contributed by atoms with Gasteiger partial charge in [-0.1, -0.05) is 6.07 Å². The Bertz CT molecular complexity index is 645. The average molecular weight is 518 g/mol.